The van der Waals surface area contributed by atoms with Crippen molar-refractivity contribution >= 4 is 29.1 Å². The number of hydrogen-bond donors (Lipinski definition) is 1. The zero-order valence-electron chi connectivity index (χ0n) is 17.8. The number of morpholine rings is 1. The van der Waals surface area contributed by atoms with Crippen LogP contribution in [0.5, 0.6) is 5.75 Å². The van der Waals surface area contributed by atoms with Gasteiger partial charge in [-0.15, -0.1) is 0 Å². The van der Waals surface area contributed by atoms with Gasteiger partial charge < -0.3 is 19.5 Å². The SMILES string of the molecule is COc1ccc([C@H]2/C(=C(\O)c3ccc(Cl)cc3)C(=O)C(=O)N2CCN2CCOCC2)cc1. The van der Waals surface area contributed by atoms with Gasteiger partial charge in [0.1, 0.15) is 11.5 Å². The van der Waals surface area contributed by atoms with Crippen LogP contribution in [0.1, 0.15) is 17.2 Å². The lowest BCUT2D eigenvalue weighted by molar-refractivity contribution is -0.140. The minimum Gasteiger partial charge on any atom is -0.507 e. The maximum absolute atomic E-state index is 13.1. The standard InChI is InChI=1S/C24H25ClN2O5/c1-31-19-8-4-16(5-9-19)21-20(22(28)17-2-6-18(25)7-3-17)23(29)24(30)27(21)11-10-26-12-14-32-15-13-26/h2-9,21,28H,10-15H2,1H3/b22-20+/t21-/m0/s1. The Kier molecular flexibility index (Phi) is 6.79. The number of halogens is 1. The van der Waals surface area contributed by atoms with Gasteiger partial charge in [-0.3, -0.25) is 14.5 Å². The van der Waals surface area contributed by atoms with Crippen LogP contribution in [0.4, 0.5) is 0 Å². The lowest BCUT2D eigenvalue weighted by atomic mass is 9.95. The molecule has 0 aromatic heterocycles. The second kappa shape index (κ2) is 9.73. The molecular formula is C24H25ClN2O5. The molecule has 2 heterocycles. The molecule has 0 unspecified atom stereocenters. The predicted octanol–water partition coefficient (Wildman–Crippen LogP) is 3.10. The summed E-state index contributed by atoms with van der Waals surface area (Å²) < 4.78 is 10.6. The second-order valence-corrected chi connectivity index (χ2v) is 8.16. The van der Waals surface area contributed by atoms with Gasteiger partial charge in [-0.2, -0.15) is 0 Å². The molecule has 8 heteroatoms. The van der Waals surface area contributed by atoms with Crippen molar-refractivity contribution < 1.29 is 24.2 Å². The monoisotopic (exact) mass is 456 g/mol. The van der Waals surface area contributed by atoms with Crippen molar-refractivity contribution in [3.8, 4) is 5.75 Å². The van der Waals surface area contributed by atoms with E-state index in [0.717, 1.165) is 18.7 Å². The zero-order chi connectivity index (χ0) is 22.7. The summed E-state index contributed by atoms with van der Waals surface area (Å²) in [6, 6.07) is 13.0. The van der Waals surface area contributed by atoms with E-state index in [1.165, 1.54) is 0 Å². The topological polar surface area (TPSA) is 79.3 Å². The van der Waals surface area contributed by atoms with Gasteiger partial charge in [0, 0.05) is 36.8 Å². The summed E-state index contributed by atoms with van der Waals surface area (Å²) in [5.74, 6) is -0.860. The summed E-state index contributed by atoms with van der Waals surface area (Å²) in [6.45, 7) is 3.83. The highest BCUT2D eigenvalue weighted by molar-refractivity contribution is 6.46. The highest BCUT2D eigenvalue weighted by Crippen LogP contribution is 2.39. The fourth-order valence-corrected chi connectivity index (χ4v) is 4.21. The third kappa shape index (κ3) is 4.50. The molecule has 0 radical (unpaired) electrons. The fourth-order valence-electron chi connectivity index (χ4n) is 4.08. The van der Waals surface area contributed by atoms with E-state index in [0.29, 0.717) is 42.6 Å². The smallest absolute Gasteiger partial charge is 0.295 e. The molecule has 4 rings (SSSR count). The molecule has 2 aromatic rings. The highest BCUT2D eigenvalue weighted by Gasteiger charge is 2.46. The van der Waals surface area contributed by atoms with Crippen molar-refractivity contribution in [2.24, 2.45) is 0 Å². The van der Waals surface area contributed by atoms with Crippen molar-refractivity contribution in [2.45, 2.75) is 6.04 Å². The maximum Gasteiger partial charge on any atom is 0.295 e. The van der Waals surface area contributed by atoms with Crippen LogP contribution in [-0.4, -0.2) is 73.1 Å². The van der Waals surface area contributed by atoms with Crippen LogP contribution in [0.25, 0.3) is 5.76 Å². The number of ketones is 1. The van der Waals surface area contributed by atoms with E-state index < -0.39 is 17.7 Å². The van der Waals surface area contributed by atoms with Crippen LogP contribution in [0, 0.1) is 0 Å². The molecule has 0 saturated carbocycles. The second-order valence-electron chi connectivity index (χ2n) is 7.73. The molecule has 1 N–H and O–H groups in total. The number of carbonyl (C=O) groups is 2. The van der Waals surface area contributed by atoms with Crippen LogP contribution < -0.4 is 4.74 Å². The van der Waals surface area contributed by atoms with Crippen LogP contribution in [0.2, 0.25) is 5.02 Å². The van der Waals surface area contributed by atoms with Gasteiger partial charge in [0.2, 0.25) is 0 Å². The molecule has 7 nitrogen and oxygen atoms in total. The Bertz CT molecular complexity index is 1010. The third-order valence-electron chi connectivity index (χ3n) is 5.85. The number of likely N-dealkylation sites (tertiary alicyclic amines) is 1. The predicted molar refractivity (Wildman–Crippen MR) is 121 cm³/mol. The van der Waals surface area contributed by atoms with E-state index in [2.05, 4.69) is 4.90 Å². The summed E-state index contributed by atoms with van der Waals surface area (Å²) in [6.07, 6.45) is 0. The van der Waals surface area contributed by atoms with Crippen LogP contribution in [-0.2, 0) is 14.3 Å². The van der Waals surface area contributed by atoms with Crippen molar-refractivity contribution in [1.82, 2.24) is 9.80 Å². The minimum absolute atomic E-state index is 0.0736. The largest absolute Gasteiger partial charge is 0.507 e. The molecule has 168 valence electrons. The average molecular weight is 457 g/mol. The quantitative estimate of drug-likeness (QED) is 0.409. The molecule has 2 aliphatic rings. The van der Waals surface area contributed by atoms with Gasteiger partial charge in [0.15, 0.2) is 0 Å². The Labute approximate surface area is 191 Å². The Balaban J connectivity index is 1.72. The number of nitrogens with zero attached hydrogens (tertiary/aromatic N) is 2. The molecule has 2 fully saturated rings. The highest BCUT2D eigenvalue weighted by atomic mass is 35.5. The van der Waals surface area contributed by atoms with Crippen LogP contribution >= 0.6 is 11.6 Å². The van der Waals surface area contributed by atoms with Gasteiger partial charge in [-0.1, -0.05) is 23.7 Å². The molecule has 32 heavy (non-hydrogen) atoms. The van der Waals surface area contributed by atoms with E-state index in [4.69, 9.17) is 21.1 Å². The van der Waals surface area contributed by atoms with Crippen molar-refractivity contribution in [2.75, 3.05) is 46.5 Å². The summed E-state index contributed by atoms with van der Waals surface area (Å²) in [5.41, 5.74) is 1.23. The number of aliphatic hydroxyl groups excluding tert-OH is 1. The summed E-state index contributed by atoms with van der Waals surface area (Å²) in [5, 5.41) is 11.6. The first kappa shape index (κ1) is 22.3. The number of benzene rings is 2. The van der Waals surface area contributed by atoms with E-state index in [9.17, 15) is 14.7 Å². The molecule has 0 aliphatic carbocycles. The van der Waals surface area contributed by atoms with E-state index in [-0.39, 0.29) is 11.3 Å². The number of ether oxygens (including phenoxy) is 2. The number of rotatable bonds is 6. The van der Waals surface area contributed by atoms with Gasteiger partial charge in [-0.25, -0.2) is 0 Å². The van der Waals surface area contributed by atoms with E-state index in [1.807, 2.05) is 12.1 Å². The molecule has 1 amide bonds. The van der Waals surface area contributed by atoms with Crippen molar-refractivity contribution in [3.63, 3.8) is 0 Å². The molecule has 1 atom stereocenters. The molecule has 0 spiro atoms. The zero-order valence-corrected chi connectivity index (χ0v) is 18.5. The molecule has 2 aromatic carbocycles. The Morgan fingerprint density at radius 3 is 2.34 bits per heavy atom. The first-order valence-corrected chi connectivity index (χ1v) is 10.9. The summed E-state index contributed by atoms with van der Waals surface area (Å²) in [7, 11) is 1.57. The number of hydrogen-bond acceptors (Lipinski definition) is 6. The van der Waals surface area contributed by atoms with Crippen molar-refractivity contribution in [1.29, 1.82) is 0 Å². The number of amides is 1. The minimum atomic E-state index is -0.697. The maximum atomic E-state index is 13.1. The lowest BCUT2D eigenvalue weighted by Crippen LogP contribution is -2.42. The van der Waals surface area contributed by atoms with Crippen LogP contribution in [0.3, 0.4) is 0 Å². The van der Waals surface area contributed by atoms with Crippen molar-refractivity contribution in [3.05, 3.63) is 70.3 Å². The lowest BCUT2D eigenvalue weighted by Gasteiger charge is -2.31. The number of aliphatic hydroxyl groups is 1. The van der Waals surface area contributed by atoms with Gasteiger partial charge in [-0.05, 0) is 42.0 Å². The van der Waals surface area contributed by atoms with Gasteiger partial charge in [0.05, 0.1) is 31.9 Å². The number of Topliss-reactive ketones (excluding diaryl/α,β-unsaturated/α-hetero) is 1. The van der Waals surface area contributed by atoms with E-state index in [1.54, 1.807) is 48.4 Å². The van der Waals surface area contributed by atoms with Gasteiger partial charge >= 0.3 is 0 Å². The number of methoxy groups -OCH3 is 1. The molecule has 2 saturated heterocycles. The fraction of sp³-hybridized carbons (Fsp3) is 0.333. The first-order valence-electron chi connectivity index (χ1n) is 10.5. The summed E-state index contributed by atoms with van der Waals surface area (Å²) >= 11 is 5.97. The Morgan fingerprint density at radius 2 is 1.72 bits per heavy atom. The summed E-state index contributed by atoms with van der Waals surface area (Å²) in [4.78, 5) is 29.8. The van der Waals surface area contributed by atoms with E-state index >= 15 is 0 Å². The molecule has 0 bridgehead atoms. The Hall–Kier alpha value is -2.87. The molecular weight excluding hydrogens is 432 g/mol. The van der Waals surface area contributed by atoms with Gasteiger partial charge in [0.25, 0.3) is 11.7 Å². The van der Waals surface area contributed by atoms with Crippen LogP contribution in [0.15, 0.2) is 54.1 Å². The number of carbonyl (C=O) groups excluding carboxylic acids is 2. The average Bonchev–Trinajstić information content (AvgIpc) is 3.08. The Morgan fingerprint density at radius 1 is 1.06 bits per heavy atom. The first-order chi connectivity index (χ1) is 15.5. The third-order valence-corrected chi connectivity index (χ3v) is 6.10. The normalized spacial score (nSPS) is 21.2. The molecule has 2 aliphatic heterocycles.